The van der Waals surface area contributed by atoms with Crippen LogP contribution in [0.5, 0.6) is 0 Å². The highest BCUT2D eigenvalue weighted by molar-refractivity contribution is 7.99. The fraction of sp³-hybridized carbons (Fsp3) is 0.357. The van der Waals surface area contributed by atoms with Crippen molar-refractivity contribution in [1.29, 1.82) is 0 Å². The van der Waals surface area contributed by atoms with E-state index in [0.29, 0.717) is 5.92 Å². The number of aromatic nitrogens is 3. The molecule has 0 radical (unpaired) electrons. The molecular formula is C14H16N4S. The van der Waals surface area contributed by atoms with Crippen molar-refractivity contribution in [3.8, 4) is 0 Å². The number of hydrogen-bond donors (Lipinski definition) is 0. The molecule has 1 aromatic heterocycles. The maximum absolute atomic E-state index is 4.71. The standard InChI is InChI=1S/C14H16N4S/c1-9(2)13-15-16-14-18(13)17-12(8-19-14)11-6-4-10(3)5-7-11/h4-7,9H,8H2,1-3H3. The van der Waals surface area contributed by atoms with Gasteiger partial charge in [-0.25, -0.2) is 0 Å². The minimum absolute atomic E-state index is 0.322. The molecule has 0 amide bonds. The molecule has 0 N–H and O–H groups in total. The van der Waals surface area contributed by atoms with Gasteiger partial charge in [-0.2, -0.15) is 9.78 Å². The summed E-state index contributed by atoms with van der Waals surface area (Å²) in [6, 6.07) is 8.49. The maximum atomic E-state index is 4.71. The summed E-state index contributed by atoms with van der Waals surface area (Å²) in [5.41, 5.74) is 3.52. The molecule has 0 fully saturated rings. The predicted octanol–water partition coefficient (Wildman–Crippen LogP) is 3.07. The fourth-order valence-corrected chi connectivity index (χ4v) is 2.84. The minimum Gasteiger partial charge on any atom is -0.191 e. The van der Waals surface area contributed by atoms with Crippen molar-refractivity contribution in [2.24, 2.45) is 5.10 Å². The molecule has 1 aromatic carbocycles. The number of nitrogens with zero attached hydrogens (tertiary/aromatic N) is 4. The number of aryl methyl sites for hydroxylation is 1. The SMILES string of the molecule is Cc1ccc(C2=Nn3c(nnc3C(C)C)SC2)cc1. The Kier molecular flexibility index (Phi) is 3.14. The molecule has 3 rings (SSSR count). The first-order valence-electron chi connectivity index (χ1n) is 6.38. The molecule has 1 aliphatic heterocycles. The van der Waals surface area contributed by atoms with Crippen LogP contribution in [0.2, 0.25) is 0 Å². The van der Waals surface area contributed by atoms with Gasteiger partial charge in [-0.15, -0.1) is 10.2 Å². The smallest absolute Gasteiger partial charge is 0.191 e. The largest absolute Gasteiger partial charge is 0.212 e. The van der Waals surface area contributed by atoms with Crippen molar-refractivity contribution in [3.63, 3.8) is 0 Å². The van der Waals surface area contributed by atoms with Gasteiger partial charge in [0.2, 0.25) is 5.16 Å². The molecule has 4 nitrogen and oxygen atoms in total. The first kappa shape index (κ1) is 12.4. The van der Waals surface area contributed by atoms with Crippen molar-refractivity contribution < 1.29 is 0 Å². The molecule has 0 unspecified atom stereocenters. The average Bonchev–Trinajstić information content (AvgIpc) is 2.82. The molecule has 0 spiro atoms. The Morgan fingerprint density at radius 1 is 1.16 bits per heavy atom. The lowest BCUT2D eigenvalue weighted by Gasteiger charge is -2.14. The molecule has 0 bridgehead atoms. The van der Waals surface area contributed by atoms with Crippen molar-refractivity contribution >= 4 is 17.5 Å². The molecule has 1 aliphatic rings. The van der Waals surface area contributed by atoms with Crippen LogP contribution >= 0.6 is 11.8 Å². The summed E-state index contributed by atoms with van der Waals surface area (Å²) < 4.78 is 1.88. The van der Waals surface area contributed by atoms with E-state index in [0.717, 1.165) is 22.4 Å². The van der Waals surface area contributed by atoms with E-state index in [9.17, 15) is 0 Å². The highest BCUT2D eigenvalue weighted by Crippen LogP contribution is 2.26. The Morgan fingerprint density at radius 3 is 2.58 bits per heavy atom. The van der Waals surface area contributed by atoms with Crippen molar-refractivity contribution in [3.05, 3.63) is 41.2 Å². The third kappa shape index (κ3) is 2.30. The van der Waals surface area contributed by atoms with Gasteiger partial charge in [0, 0.05) is 11.7 Å². The van der Waals surface area contributed by atoms with E-state index in [1.165, 1.54) is 11.1 Å². The number of fused-ring (bicyclic) bond motifs is 1. The summed E-state index contributed by atoms with van der Waals surface area (Å²) in [6.45, 7) is 6.31. The summed E-state index contributed by atoms with van der Waals surface area (Å²) in [6.07, 6.45) is 0. The van der Waals surface area contributed by atoms with E-state index < -0.39 is 0 Å². The molecule has 0 saturated carbocycles. The molecule has 0 saturated heterocycles. The maximum Gasteiger partial charge on any atom is 0.212 e. The van der Waals surface area contributed by atoms with Crippen molar-refractivity contribution in [2.75, 3.05) is 5.75 Å². The first-order valence-corrected chi connectivity index (χ1v) is 7.36. The second-order valence-corrected chi connectivity index (χ2v) is 5.95. The number of hydrogen-bond acceptors (Lipinski definition) is 4. The third-order valence-corrected chi connectivity index (χ3v) is 4.03. The summed E-state index contributed by atoms with van der Waals surface area (Å²) in [5, 5.41) is 14.0. The van der Waals surface area contributed by atoms with Crippen LogP contribution in [0.15, 0.2) is 34.5 Å². The van der Waals surface area contributed by atoms with Crippen molar-refractivity contribution in [2.45, 2.75) is 31.8 Å². The molecule has 0 aliphatic carbocycles. The van der Waals surface area contributed by atoms with Gasteiger partial charge in [-0.3, -0.25) is 0 Å². The molecule has 2 heterocycles. The van der Waals surface area contributed by atoms with E-state index in [1.807, 2.05) is 4.68 Å². The molecule has 98 valence electrons. The number of thioether (sulfide) groups is 1. The second kappa shape index (κ2) is 4.81. The third-order valence-electron chi connectivity index (χ3n) is 3.10. The number of rotatable bonds is 2. The van der Waals surface area contributed by atoms with E-state index in [4.69, 9.17) is 5.10 Å². The Hall–Kier alpha value is -1.62. The topological polar surface area (TPSA) is 43.1 Å². The van der Waals surface area contributed by atoms with E-state index in [1.54, 1.807) is 11.8 Å². The van der Waals surface area contributed by atoms with Crippen LogP contribution in [0.1, 0.15) is 36.7 Å². The van der Waals surface area contributed by atoms with Gasteiger partial charge >= 0.3 is 0 Å². The Morgan fingerprint density at radius 2 is 1.89 bits per heavy atom. The summed E-state index contributed by atoms with van der Waals surface area (Å²) >= 11 is 1.69. The lowest BCUT2D eigenvalue weighted by atomic mass is 10.1. The van der Waals surface area contributed by atoms with Crippen LogP contribution in [0, 0.1) is 6.92 Å². The number of benzene rings is 1. The fourth-order valence-electron chi connectivity index (χ4n) is 1.99. The minimum atomic E-state index is 0.322. The quantitative estimate of drug-likeness (QED) is 0.844. The van der Waals surface area contributed by atoms with Gasteiger partial charge in [0.1, 0.15) is 0 Å². The van der Waals surface area contributed by atoms with Crippen LogP contribution in [0.25, 0.3) is 0 Å². The zero-order valence-electron chi connectivity index (χ0n) is 11.3. The van der Waals surface area contributed by atoms with E-state index in [2.05, 4.69) is 55.2 Å². The van der Waals surface area contributed by atoms with Gasteiger partial charge < -0.3 is 0 Å². The molecule has 0 atom stereocenters. The monoisotopic (exact) mass is 272 g/mol. The summed E-state index contributed by atoms with van der Waals surface area (Å²) in [4.78, 5) is 0. The summed E-state index contributed by atoms with van der Waals surface area (Å²) in [7, 11) is 0. The normalized spacial score (nSPS) is 14.4. The second-order valence-electron chi connectivity index (χ2n) is 5.01. The molecule has 19 heavy (non-hydrogen) atoms. The van der Waals surface area contributed by atoms with Gasteiger partial charge in [-0.1, -0.05) is 55.4 Å². The average molecular weight is 272 g/mol. The van der Waals surface area contributed by atoms with Gasteiger partial charge in [-0.05, 0) is 12.5 Å². The highest BCUT2D eigenvalue weighted by Gasteiger charge is 2.20. The lowest BCUT2D eigenvalue weighted by Crippen LogP contribution is -2.15. The van der Waals surface area contributed by atoms with Gasteiger partial charge in [0.25, 0.3) is 0 Å². The molecule has 2 aromatic rings. The molecular weight excluding hydrogens is 256 g/mol. The van der Waals surface area contributed by atoms with Crippen LogP contribution in [-0.2, 0) is 0 Å². The lowest BCUT2D eigenvalue weighted by molar-refractivity contribution is 0.662. The van der Waals surface area contributed by atoms with Crippen LogP contribution < -0.4 is 0 Å². The van der Waals surface area contributed by atoms with E-state index >= 15 is 0 Å². The Labute approximate surface area is 116 Å². The van der Waals surface area contributed by atoms with Gasteiger partial charge in [0.05, 0.1) is 5.71 Å². The van der Waals surface area contributed by atoms with E-state index in [-0.39, 0.29) is 0 Å². The Bertz CT molecular complexity index is 625. The van der Waals surface area contributed by atoms with Gasteiger partial charge in [0.15, 0.2) is 5.82 Å². The Balaban J connectivity index is 2.03. The van der Waals surface area contributed by atoms with Crippen LogP contribution in [0.3, 0.4) is 0 Å². The molecule has 5 heteroatoms. The summed E-state index contributed by atoms with van der Waals surface area (Å²) in [5.74, 6) is 2.09. The predicted molar refractivity (Wildman–Crippen MR) is 77.9 cm³/mol. The van der Waals surface area contributed by atoms with Crippen LogP contribution in [0.4, 0.5) is 0 Å². The highest BCUT2D eigenvalue weighted by atomic mass is 32.2. The zero-order chi connectivity index (χ0) is 13.4. The van der Waals surface area contributed by atoms with Crippen LogP contribution in [-0.4, -0.2) is 26.3 Å². The van der Waals surface area contributed by atoms with Crippen molar-refractivity contribution in [1.82, 2.24) is 14.9 Å². The first-order chi connectivity index (χ1) is 9.15. The zero-order valence-corrected chi connectivity index (χ0v) is 12.1.